The van der Waals surface area contributed by atoms with E-state index in [0.29, 0.717) is 0 Å². The van der Waals surface area contributed by atoms with E-state index in [4.69, 9.17) is 0 Å². The normalized spacial score (nSPS) is 9.42. The van der Waals surface area contributed by atoms with Crippen LogP contribution in [0.3, 0.4) is 0 Å². The SMILES string of the molecule is C=CCc1cccc(C=C)c1[Si]. The molecule has 0 spiro atoms. The van der Waals surface area contributed by atoms with Crippen LogP contribution in [0, 0.1) is 0 Å². The van der Waals surface area contributed by atoms with Crippen molar-refractivity contribution in [1.29, 1.82) is 0 Å². The zero-order valence-corrected chi connectivity index (χ0v) is 8.01. The van der Waals surface area contributed by atoms with Gasteiger partial charge in [-0.2, -0.15) is 0 Å². The van der Waals surface area contributed by atoms with Crippen LogP contribution in [0.1, 0.15) is 11.1 Å². The predicted octanol–water partition coefficient (Wildman–Crippen LogP) is 1.85. The Morgan fingerprint density at radius 2 is 2.08 bits per heavy atom. The Kier molecular flexibility index (Phi) is 3.06. The molecule has 0 nitrogen and oxygen atoms in total. The van der Waals surface area contributed by atoms with E-state index >= 15 is 0 Å². The van der Waals surface area contributed by atoms with Gasteiger partial charge >= 0.3 is 0 Å². The maximum atomic E-state index is 3.74. The van der Waals surface area contributed by atoms with Gasteiger partial charge in [-0.1, -0.05) is 42.1 Å². The summed E-state index contributed by atoms with van der Waals surface area (Å²) in [5, 5.41) is 1.12. The van der Waals surface area contributed by atoms with Crippen molar-refractivity contribution < 1.29 is 0 Å². The summed E-state index contributed by atoms with van der Waals surface area (Å²) in [4.78, 5) is 0. The van der Waals surface area contributed by atoms with Crippen molar-refractivity contribution >= 4 is 21.5 Å². The molecule has 1 rings (SSSR count). The van der Waals surface area contributed by atoms with Gasteiger partial charge in [0.1, 0.15) is 0 Å². The quantitative estimate of drug-likeness (QED) is 0.481. The summed E-state index contributed by atoms with van der Waals surface area (Å²) < 4.78 is 0. The molecule has 0 heterocycles. The maximum absolute atomic E-state index is 3.74. The monoisotopic (exact) mass is 171 g/mol. The Morgan fingerprint density at radius 3 is 2.67 bits per heavy atom. The third-order valence-corrected chi connectivity index (χ3v) is 2.38. The summed E-state index contributed by atoms with van der Waals surface area (Å²) >= 11 is 0. The molecule has 12 heavy (non-hydrogen) atoms. The Hall–Kier alpha value is -1.08. The van der Waals surface area contributed by atoms with E-state index in [1.54, 1.807) is 0 Å². The highest BCUT2D eigenvalue weighted by atomic mass is 28.1. The zero-order chi connectivity index (χ0) is 8.97. The van der Waals surface area contributed by atoms with Gasteiger partial charge in [0.25, 0.3) is 0 Å². The van der Waals surface area contributed by atoms with Crippen molar-refractivity contribution in [2.75, 3.05) is 0 Å². The van der Waals surface area contributed by atoms with Gasteiger partial charge in [-0.25, -0.2) is 0 Å². The fraction of sp³-hybridized carbons (Fsp3) is 0.0909. The second-order valence-corrected chi connectivity index (χ2v) is 3.08. The van der Waals surface area contributed by atoms with Gasteiger partial charge in [0.05, 0.1) is 10.2 Å². The first kappa shape index (κ1) is 9.01. The van der Waals surface area contributed by atoms with Gasteiger partial charge in [-0.15, -0.1) is 6.58 Å². The Labute approximate surface area is 77.0 Å². The van der Waals surface area contributed by atoms with E-state index in [2.05, 4.69) is 29.5 Å². The lowest BCUT2D eigenvalue weighted by atomic mass is 10.1. The topological polar surface area (TPSA) is 0 Å². The molecule has 0 bridgehead atoms. The lowest BCUT2D eigenvalue weighted by Gasteiger charge is -2.05. The van der Waals surface area contributed by atoms with Crippen molar-refractivity contribution in [2.24, 2.45) is 0 Å². The molecule has 0 unspecified atom stereocenters. The fourth-order valence-electron chi connectivity index (χ4n) is 1.12. The molecule has 0 aliphatic rings. The molecule has 0 fully saturated rings. The van der Waals surface area contributed by atoms with Crippen LogP contribution in [0.25, 0.3) is 6.08 Å². The first-order valence-electron chi connectivity index (χ1n) is 3.86. The Morgan fingerprint density at radius 1 is 1.33 bits per heavy atom. The Balaban J connectivity index is 3.12. The van der Waals surface area contributed by atoms with E-state index < -0.39 is 0 Å². The molecule has 0 saturated carbocycles. The Bertz CT molecular complexity index is 300. The lowest BCUT2D eigenvalue weighted by Crippen LogP contribution is -2.13. The molecule has 0 aliphatic carbocycles. The molecule has 0 amide bonds. The first-order valence-corrected chi connectivity index (χ1v) is 4.36. The smallest absolute Gasteiger partial charge is 0.0724 e. The summed E-state index contributed by atoms with van der Waals surface area (Å²) in [5.41, 5.74) is 2.38. The van der Waals surface area contributed by atoms with Crippen molar-refractivity contribution in [3.05, 3.63) is 48.6 Å². The molecule has 0 saturated heterocycles. The number of allylic oxidation sites excluding steroid dienone is 1. The van der Waals surface area contributed by atoms with Gasteiger partial charge in [-0.05, 0) is 17.5 Å². The van der Waals surface area contributed by atoms with Gasteiger partial charge < -0.3 is 0 Å². The summed E-state index contributed by atoms with van der Waals surface area (Å²) in [6.45, 7) is 7.44. The van der Waals surface area contributed by atoms with Crippen LogP contribution in [0.2, 0.25) is 0 Å². The van der Waals surface area contributed by atoms with Crippen molar-refractivity contribution in [3.8, 4) is 0 Å². The third-order valence-electron chi connectivity index (χ3n) is 1.77. The summed E-state index contributed by atoms with van der Waals surface area (Å²) in [6.07, 6.45) is 4.63. The number of hydrogen-bond acceptors (Lipinski definition) is 0. The molecule has 0 N–H and O–H groups in total. The van der Waals surface area contributed by atoms with Crippen molar-refractivity contribution in [3.63, 3.8) is 0 Å². The van der Waals surface area contributed by atoms with Crippen molar-refractivity contribution in [2.45, 2.75) is 6.42 Å². The molecular weight excluding hydrogens is 160 g/mol. The largest absolute Gasteiger partial charge is 0.103 e. The van der Waals surface area contributed by atoms with Crippen LogP contribution >= 0.6 is 0 Å². The van der Waals surface area contributed by atoms with E-state index in [1.165, 1.54) is 5.56 Å². The number of rotatable bonds is 3. The molecule has 0 aliphatic heterocycles. The van der Waals surface area contributed by atoms with Crippen LogP contribution in [-0.2, 0) is 6.42 Å². The standard InChI is InChI=1S/C11H11Si/c1-3-6-10-8-5-7-9(4-2)11(10)12/h3-5,7-8H,1-2,6H2. The highest BCUT2D eigenvalue weighted by molar-refractivity contribution is 6.35. The molecule has 0 aromatic heterocycles. The molecule has 59 valence electrons. The lowest BCUT2D eigenvalue weighted by molar-refractivity contribution is 1.30. The first-order chi connectivity index (χ1) is 5.79. The van der Waals surface area contributed by atoms with Gasteiger partial charge in [0.15, 0.2) is 0 Å². The highest BCUT2D eigenvalue weighted by Gasteiger charge is 1.98. The van der Waals surface area contributed by atoms with Crippen LogP contribution < -0.4 is 5.19 Å². The summed E-state index contributed by atoms with van der Waals surface area (Å²) in [5.74, 6) is 0. The highest BCUT2D eigenvalue weighted by Crippen LogP contribution is 2.03. The van der Waals surface area contributed by atoms with Gasteiger partial charge in [0.2, 0.25) is 0 Å². The second kappa shape index (κ2) is 4.07. The second-order valence-electron chi connectivity index (χ2n) is 2.58. The minimum absolute atomic E-state index is 0.889. The molecule has 1 aromatic rings. The average molecular weight is 171 g/mol. The maximum Gasteiger partial charge on any atom is 0.0724 e. The molecule has 1 aromatic carbocycles. The molecular formula is C11H11Si. The molecule has 3 radical (unpaired) electrons. The van der Waals surface area contributed by atoms with E-state index in [-0.39, 0.29) is 0 Å². The summed E-state index contributed by atoms with van der Waals surface area (Å²) in [7, 11) is 3.58. The van der Waals surface area contributed by atoms with Crippen LogP contribution in [0.15, 0.2) is 37.4 Å². The number of hydrogen-bond donors (Lipinski definition) is 0. The van der Waals surface area contributed by atoms with Crippen molar-refractivity contribution in [1.82, 2.24) is 0 Å². The number of benzene rings is 1. The zero-order valence-electron chi connectivity index (χ0n) is 7.01. The predicted molar refractivity (Wildman–Crippen MR) is 55.8 cm³/mol. The van der Waals surface area contributed by atoms with Gasteiger partial charge in [-0.3, -0.25) is 0 Å². The van der Waals surface area contributed by atoms with Crippen LogP contribution in [0.5, 0.6) is 0 Å². The van der Waals surface area contributed by atoms with Crippen LogP contribution in [-0.4, -0.2) is 10.2 Å². The van der Waals surface area contributed by atoms with Crippen LogP contribution in [0.4, 0.5) is 0 Å². The van der Waals surface area contributed by atoms with E-state index in [0.717, 1.165) is 17.2 Å². The molecule has 1 heteroatoms. The van der Waals surface area contributed by atoms with E-state index in [9.17, 15) is 0 Å². The average Bonchev–Trinajstić information content (AvgIpc) is 2.09. The van der Waals surface area contributed by atoms with Gasteiger partial charge in [0, 0.05) is 0 Å². The fourth-order valence-corrected chi connectivity index (χ4v) is 1.49. The minimum Gasteiger partial charge on any atom is -0.103 e. The minimum atomic E-state index is 0.889. The van der Waals surface area contributed by atoms with E-state index in [1.807, 2.05) is 24.3 Å². The summed E-state index contributed by atoms with van der Waals surface area (Å²) in [6, 6.07) is 6.14. The molecule has 0 atom stereocenters. The third kappa shape index (κ3) is 1.74.